The largest absolute Gasteiger partial charge is 0.396 e. The van der Waals surface area contributed by atoms with Crippen LogP contribution < -0.4 is 5.73 Å². The average Bonchev–Trinajstić information content (AvgIpc) is 2.72. The minimum atomic E-state index is 0.256. The second kappa shape index (κ2) is 3.92. The highest BCUT2D eigenvalue weighted by molar-refractivity contribution is 5.77. The summed E-state index contributed by atoms with van der Waals surface area (Å²) in [7, 11) is 0. The molecule has 0 aromatic carbocycles. The van der Waals surface area contributed by atoms with E-state index in [4.69, 9.17) is 5.73 Å². The highest BCUT2D eigenvalue weighted by Gasteiger charge is 2.19. The van der Waals surface area contributed by atoms with Gasteiger partial charge < -0.3 is 10.6 Å². The Labute approximate surface area is 88.8 Å². The minimum Gasteiger partial charge on any atom is -0.396 e. The fraction of sp³-hybridized carbons (Fsp3) is 0.600. The van der Waals surface area contributed by atoms with Crippen molar-refractivity contribution in [3.63, 3.8) is 0 Å². The number of hydrogen-bond donors (Lipinski definition) is 1. The molecule has 5 nitrogen and oxygen atoms in total. The van der Waals surface area contributed by atoms with E-state index in [0.717, 1.165) is 31.7 Å². The quantitative estimate of drug-likeness (QED) is 0.781. The predicted octanol–water partition coefficient (Wildman–Crippen LogP) is 0.396. The average molecular weight is 208 g/mol. The lowest BCUT2D eigenvalue weighted by molar-refractivity contribution is -0.127. The number of nitrogens with two attached hydrogens (primary N) is 1. The van der Waals surface area contributed by atoms with Gasteiger partial charge in [-0.3, -0.25) is 9.48 Å². The van der Waals surface area contributed by atoms with Crippen molar-refractivity contribution in [2.75, 3.05) is 18.8 Å². The Morgan fingerprint density at radius 1 is 1.53 bits per heavy atom. The number of carbonyl (C=O) groups excluding carboxylic acids is 1. The maximum absolute atomic E-state index is 11.3. The molecule has 1 aromatic rings. The summed E-state index contributed by atoms with van der Waals surface area (Å²) in [5, 5.41) is 4.25. The van der Waals surface area contributed by atoms with Crippen LogP contribution in [0.2, 0.25) is 0 Å². The summed E-state index contributed by atoms with van der Waals surface area (Å²) >= 11 is 0. The molecule has 82 valence electrons. The van der Waals surface area contributed by atoms with Gasteiger partial charge in [-0.05, 0) is 13.3 Å². The molecular formula is C10H16N4O. The number of nitrogen functional groups attached to an aromatic ring is 1. The first kappa shape index (κ1) is 10.0. The lowest BCUT2D eigenvalue weighted by Crippen LogP contribution is -2.28. The molecule has 1 aliphatic heterocycles. The van der Waals surface area contributed by atoms with Gasteiger partial charge in [-0.25, -0.2) is 0 Å². The van der Waals surface area contributed by atoms with E-state index in [1.165, 1.54) is 0 Å². The Kier molecular flexibility index (Phi) is 2.62. The predicted molar refractivity (Wildman–Crippen MR) is 57.2 cm³/mol. The molecule has 2 rings (SSSR count). The molecule has 1 saturated heterocycles. The zero-order valence-corrected chi connectivity index (χ0v) is 8.94. The van der Waals surface area contributed by atoms with E-state index in [1.807, 2.05) is 18.0 Å². The van der Waals surface area contributed by atoms with Crippen molar-refractivity contribution in [1.82, 2.24) is 14.7 Å². The Hall–Kier alpha value is -1.52. The van der Waals surface area contributed by atoms with E-state index >= 15 is 0 Å². The number of rotatable bonds is 3. The number of amides is 1. The molecule has 0 spiro atoms. The summed E-state index contributed by atoms with van der Waals surface area (Å²) in [4.78, 5) is 13.2. The molecule has 1 amide bonds. The van der Waals surface area contributed by atoms with Crippen molar-refractivity contribution in [3.8, 4) is 0 Å². The van der Waals surface area contributed by atoms with Crippen LogP contribution in [0, 0.1) is 6.92 Å². The standard InChI is InChI=1S/C10H16N4O/c1-8-9(11)7-14(12-8)6-5-13-4-2-3-10(13)15/h7H,2-6,11H2,1H3. The van der Waals surface area contributed by atoms with Gasteiger partial charge >= 0.3 is 0 Å². The van der Waals surface area contributed by atoms with E-state index in [0.29, 0.717) is 12.1 Å². The van der Waals surface area contributed by atoms with Gasteiger partial charge in [-0.2, -0.15) is 5.10 Å². The summed E-state index contributed by atoms with van der Waals surface area (Å²) in [5.74, 6) is 0.256. The minimum absolute atomic E-state index is 0.256. The molecule has 2 N–H and O–H groups in total. The van der Waals surface area contributed by atoms with Crippen LogP contribution in [0.25, 0.3) is 0 Å². The number of anilines is 1. The summed E-state index contributed by atoms with van der Waals surface area (Å²) < 4.78 is 1.80. The van der Waals surface area contributed by atoms with Crippen LogP contribution in [0.5, 0.6) is 0 Å². The summed E-state index contributed by atoms with van der Waals surface area (Å²) in [6.45, 7) is 4.23. The number of aryl methyl sites for hydroxylation is 1. The van der Waals surface area contributed by atoms with Crippen LogP contribution >= 0.6 is 0 Å². The highest BCUT2D eigenvalue weighted by atomic mass is 16.2. The molecule has 1 aromatic heterocycles. The van der Waals surface area contributed by atoms with Crippen molar-refractivity contribution in [1.29, 1.82) is 0 Å². The number of hydrogen-bond acceptors (Lipinski definition) is 3. The maximum Gasteiger partial charge on any atom is 0.222 e. The normalized spacial score (nSPS) is 16.3. The number of nitrogens with zero attached hydrogens (tertiary/aromatic N) is 3. The molecule has 0 saturated carbocycles. The molecule has 2 heterocycles. The van der Waals surface area contributed by atoms with Gasteiger partial charge in [-0.15, -0.1) is 0 Å². The smallest absolute Gasteiger partial charge is 0.222 e. The third-order valence-electron chi connectivity index (χ3n) is 2.75. The summed E-state index contributed by atoms with van der Waals surface area (Å²) in [6, 6.07) is 0. The third-order valence-corrected chi connectivity index (χ3v) is 2.75. The van der Waals surface area contributed by atoms with Gasteiger partial charge in [0.25, 0.3) is 0 Å². The van der Waals surface area contributed by atoms with Gasteiger partial charge in [0.2, 0.25) is 5.91 Å². The van der Waals surface area contributed by atoms with Crippen molar-refractivity contribution >= 4 is 11.6 Å². The molecule has 15 heavy (non-hydrogen) atoms. The Morgan fingerprint density at radius 3 is 2.87 bits per heavy atom. The summed E-state index contributed by atoms with van der Waals surface area (Å²) in [5.41, 5.74) is 7.25. The molecular weight excluding hydrogens is 192 g/mol. The lowest BCUT2D eigenvalue weighted by atomic mass is 10.4. The lowest BCUT2D eigenvalue weighted by Gasteiger charge is -2.14. The second-order valence-corrected chi connectivity index (χ2v) is 3.92. The van der Waals surface area contributed by atoms with Crippen LogP contribution in [0.3, 0.4) is 0 Å². The Balaban J connectivity index is 1.90. The van der Waals surface area contributed by atoms with Crippen LogP contribution in [0.4, 0.5) is 5.69 Å². The SMILES string of the molecule is Cc1nn(CCN2CCCC2=O)cc1N. The molecule has 0 unspecified atom stereocenters. The first-order valence-electron chi connectivity index (χ1n) is 5.24. The number of likely N-dealkylation sites (tertiary alicyclic amines) is 1. The van der Waals surface area contributed by atoms with Gasteiger partial charge in [-0.1, -0.05) is 0 Å². The van der Waals surface area contributed by atoms with Crippen LogP contribution in [-0.2, 0) is 11.3 Å². The fourth-order valence-electron chi connectivity index (χ4n) is 1.81. The van der Waals surface area contributed by atoms with Crippen LogP contribution in [-0.4, -0.2) is 33.7 Å². The molecule has 0 radical (unpaired) electrons. The third kappa shape index (κ3) is 2.11. The Morgan fingerprint density at radius 2 is 2.33 bits per heavy atom. The first-order chi connectivity index (χ1) is 7.16. The number of aromatic nitrogens is 2. The van der Waals surface area contributed by atoms with E-state index in [2.05, 4.69) is 5.10 Å². The highest BCUT2D eigenvalue weighted by Crippen LogP contribution is 2.10. The second-order valence-electron chi connectivity index (χ2n) is 3.92. The zero-order chi connectivity index (χ0) is 10.8. The van der Waals surface area contributed by atoms with E-state index in [1.54, 1.807) is 4.68 Å². The zero-order valence-electron chi connectivity index (χ0n) is 8.94. The molecule has 0 bridgehead atoms. The molecule has 0 aliphatic carbocycles. The van der Waals surface area contributed by atoms with Crippen LogP contribution in [0.1, 0.15) is 18.5 Å². The van der Waals surface area contributed by atoms with Gasteiger partial charge in [0.05, 0.1) is 17.9 Å². The summed E-state index contributed by atoms with van der Waals surface area (Å²) in [6.07, 6.45) is 3.50. The molecule has 0 atom stereocenters. The van der Waals surface area contributed by atoms with Gasteiger partial charge in [0.1, 0.15) is 0 Å². The topological polar surface area (TPSA) is 64.2 Å². The van der Waals surface area contributed by atoms with Gasteiger partial charge in [0.15, 0.2) is 0 Å². The van der Waals surface area contributed by atoms with E-state index in [9.17, 15) is 4.79 Å². The fourth-order valence-corrected chi connectivity index (χ4v) is 1.81. The van der Waals surface area contributed by atoms with Gasteiger partial charge in [0, 0.05) is 25.7 Å². The molecule has 5 heteroatoms. The molecule has 1 fully saturated rings. The van der Waals surface area contributed by atoms with Crippen molar-refractivity contribution in [2.45, 2.75) is 26.3 Å². The van der Waals surface area contributed by atoms with Crippen molar-refractivity contribution < 1.29 is 4.79 Å². The molecule has 1 aliphatic rings. The maximum atomic E-state index is 11.3. The van der Waals surface area contributed by atoms with Crippen molar-refractivity contribution in [3.05, 3.63) is 11.9 Å². The Bertz CT molecular complexity index is 352. The van der Waals surface area contributed by atoms with Crippen molar-refractivity contribution in [2.24, 2.45) is 0 Å². The van der Waals surface area contributed by atoms with E-state index < -0.39 is 0 Å². The number of carbonyl (C=O) groups is 1. The first-order valence-corrected chi connectivity index (χ1v) is 5.24. The van der Waals surface area contributed by atoms with E-state index in [-0.39, 0.29) is 5.91 Å². The monoisotopic (exact) mass is 208 g/mol. The van der Waals surface area contributed by atoms with Crippen LogP contribution in [0.15, 0.2) is 6.20 Å².